The van der Waals surface area contributed by atoms with Crippen LogP contribution in [0.2, 0.25) is 0 Å². The third kappa shape index (κ3) is 3.85. The third-order valence-corrected chi connectivity index (χ3v) is 3.40. The van der Waals surface area contributed by atoms with Crippen LogP contribution in [0.4, 0.5) is 5.69 Å². The molecule has 0 aromatic heterocycles. The fourth-order valence-electron chi connectivity index (χ4n) is 2.10. The van der Waals surface area contributed by atoms with Crippen molar-refractivity contribution in [3.05, 3.63) is 39.4 Å². The number of rotatable bonds is 7. The number of hydrogen-bond donors (Lipinski definition) is 2. The van der Waals surface area contributed by atoms with Crippen molar-refractivity contribution in [2.45, 2.75) is 38.3 Å². The summed E-state index contributed by atoms with van der Waals surface area (Å²) in [6.45, 7) is 1.59. The number of nitrogens with zero attached hydrogens (tertiary/aromatic N) is 1. The minimum atomic E-state index is -1.08. The average Bonchev–Trinajstić information content (AvgIpc) is 3.21. The van der Waals surface area contributed by atoms with Gasteiger partial charge in [0.25, 0.3) is 5.69 Å². The number of hydrogen-bond acceptors (Lipinski definition) is 5. The van der Waals surface area contributed by atoms with Crippen LogP contribution >= 0.6 is 0 Å². The van der Waals surface area contributed by atoms with Crippen LogP contribution < -0.4 is 5.32 Å². The number of ketones is 1. The minimum Gasteiger partial charge on any atom is -0.481 e. The Morgan fingerprint density at radius 3 is 2.67 bits per heavy atom. The van der Waals surface area contributed by atoms with Gasteiger partial charge in [0.05, 0.1) is 17.4 Å². The Morgan fingerprint density at radius 2 is 2.14 bits per heavy atom. The molecule has 1 aliphatic carbocycles. The van der Waals surface area contributed by atoms with Crippen molar-refractivity contribution in [3.63, 3.8) is 0 Å². The maximum atomic E-state index is 12.4. The highest BCUT2D eigenvalue weighted by Crippen LogP contribution is 2.23. The molecule has 0 spiro atoms. The number of nitrogens with one attached hydrogen (secondary N) is 1. The molecule has 1 saturated carbocycles. The largest absolute Gasteiger partial charge is 0.481 e. The van der Waals surface area contributed by atoms with Gasteiger partial charge in [-0.05, 0) is 19.8 Å². The van der Waals surface area contributed by atoms with Gasteiger partial charge in [-0.15, -0.1) is 0 Å². The van der Waals surface area contributed by atoms with E-state index in [1.165, 1.54) is 18.2 Å². The van der Waals surface area contributed by atoms with Crippen LogP contribution in [0, 0.1) is 17.0 Å². The summed E-state index contributed by atoms with van der Waals surface area (Å²) in [7, 11) is 0. The summed E-state index contributed by atoms with van der Waals surface area (Å²) in [6.07, 6.45) is 1.49. The van der Waals surface area contributed by atoms with Crippen molar-refractivity contribution in [1.82, 2.24) is 5.32 Å². The molecular weight excluding hydrogens is 276 g/mol. The number of nitro benzene ring substituents is 1. The first-order valence-electron chi connectivity index (χ1n) is 6.65. The van der Waals surface area contributed by atoms with Gasteiger partial charge < -0.3 is 10.4 Å². The van der Waals surface area contributed by atoms with Crippen LogP contribution in [-0.2, 0) is 4.79 Å². The fraction of sp³-hybridized carbons (Fsp3) is 0.429. The number of carbonyl (C=O) groups is 2. The molecular formula is C14H16N2O5. The number of benzene rings is 1. The number of carboxylic acids is 1. The highest BCUT2D eigenvalue weighted by Gasteiger charge is 2.31. The van der Waals surface area contributed by atoms with Gasteiger partial charge in [-0.25, -0.2) is 0 Å². The Hall–Kier alpha value is -2.28. The Morgan fingerprint density at radius 1 is 1.48 bits per heavy atom. The van der Waals surface area contributed by atoms with Crippen LogP contribution in [0.25, 0.3) is 0 Å². The molecule has 0 heterocycles. The van der Waals surface area contributed by atoms with Crippen LogP contribution in [0.3, 0.4) is 0 Å². The number of carboxylic acid groups (broad SMARTS) is 1. The second kappa shape index (κ2) is 6.01. The van der Waals surface area contributed by atoms with Crippen molar-refractivity contribution in [2.24, 2.45) is 0 Å². The smallest absolute Gasteiger partial charge is 0.305 e. The fourth-order valence-corrected chi connectivity index (χ4v) is 2.10. The molecule has 1 atom stereocenters. The molecule has 0 saturated heterocycles. The van der Waals surface area contributed by atoms with Crippen molar-refractivity contribution in [1.29, 1.82) is 0 Å². The lowest BCUT2D eigenvalue weighted by atomic mass is 9.99. The van der Waals surface area contributed by atoms with Crippen LogP contribution in [0.5, 0.6) is 0 Å². The van der Waals surface area contributed by atoms with Gasteiger partial charge in [-0.1, -0.05) is 12.1 Å². The van der Waals surface area contributed by atoms with Gasteiger partial charge in [0.2, 0.25) is 0 Å². The molecule has 0 bridgehead atoms. The predicted octanol–water partition coefficient (Wildman–Crippen LogP) is 1.68. The molecule has 7 nitrogen and oxygen atoms in total. The number of nitro groups is 1. The van der Waals surface area contributed by atoms with E-state index in [0.29, 0.717) is 5.56 Å². The van der Waals surface area contributed by atoms with E-state index in [4.69, 9.17) is 5.11 Å². The summed E-state index contributed by atoms with van der Waals surface area (Å²) >= 11 is 0. The van der Waals surface area contributed by atoms with Crippen molar-refractivity contribution >= 4 is 17.4 Å². The second-order valence-electron chi connectivity index (χ2n) is 5.21. The number of aryl methyl sites for hydroxylation is 1. The highest BCUT2D eigenvalue weighted by atomic mass is 16.6. The van der Waals surface area contributed by atoms with E-state index in [1.807, 2.05) is 0 Å². The zero-order valence-corrected chi connectivity index (χ0v) is 11.5. The first kappa shape index (κ1) is 15.1. The van der Waals surface area contributed by atoms with E-state index in [0.717, 1.165) is 12.8 Å². The quantitative estimate of drug-likeness (QED) is 0.449. The first-order valence-corrected chi connectivity index (χ1v) is 6.65. The Kier molecular flexibility index (Phi) is 4.32. The van der Waals surface area contributed by atoms with Gasteiger partial charge in [0.15, 0.2) is 5.78 Å². The SMILES string of the molecule is Cc1ccc(C(=O)C(CC(=O)O)NC2CC2)cc1[N+](=O)[O-]. The topological polar surface area (TPSA) is 110 Å². The van der Waals surface area contributed by atoms with E-state index in [1.54, 1.807) is 6.92 Å². The molecule has 112 valence electrons. The molecule has 2 rings (SSSR count). The molecule has 1 aromatic carbocycles. The van der Waals surface area contributed by atoms with E-state index >= 15 is 0 Å². The second-order valence-corrected chi connectivity index (χ2v) is 5.21. The minimum absolute atomic E-state index is 0.138. The maximum Gasteiger partial charge on any atom is 0.305 e. The molecule has 2 N–H and O–H groups in total. The number of aliphatic carboxylic acids is 1. The average molecular weight is 292 g/mol. The van der Waals surface area contributed by atoms with Gasteiger partial charge in [-0.2, -0.15) is 0 Å². The maximum absolute atomic E-state index is 12.4. The molecule has 0 aliphatic heterocycles. The van der Waals surface area contributed by atoms with E-state index in [2.05, 4.69) is 5.32 Å². The summed E-state index contributed by atoms with van der Waals surface area (Å²) < 4.78 is 0. The van der Waals surface area contributed by atoms with E-state index in [-0.39, 0.29) is 23.7 Å². The van der Waals surface area contributed by atoms with Crippen molar-refractivity contribution in [3.8, 4) is 0 Å². The molecule has 21 heavy (non-hydrogen) atoms. The third-order valence-electron chi connectivity index (χ3n) is 3.40. The first-order chi connectivity index (χ1) is 9.88. The van der Waals surface area contributed by atoms with E-state index in [9.17, 15) is 19.7 Å². The van der Waals surface area contributed by atoms with Gasteiger partial charge >= 0.3 is 5.97 Å². The zero-order chi connectivity index (χ0) is 15.6. The monoisotopic (exact) mass is 292 g/mol. The van der Waals surface area contributed by atoms with Crippen LogP contribution in [0.1, 0.15) is 35.2 Å². The lowest BCUT2D eigenvalue weighted by Crippen LogP contribution is -2.40. The van der Waals surface area contributed by atoms with E-state index < -0.39 is 22.7 Å². The van der Waals surface area contributed by atoms with Crippen LogP contribution in [0.15, 0.2) is 18.2 Å². The lowest BCUT2D eigenvalue weighted by Gasteiger charge is -2.15. The molecule has 7 heteroatoms. The molecule has 1 fully saturated rings. The summed E-state index contributed by atoms with van der Waals surface area (Å²) in [5.41, 5.74) is 0.481. The molecule has 0 radical (unpaired) electrons. The lowest BCUT2D eigenvalue weighted by molar-refractivity contribution is -0.385. The Labute approximate surface area is 121 Å². The Balaban J connectivity index is 2.24. The summed E-state index contributed by atoms with van der Waals surface area (Å²) in [5.74, 6) is -1.50. The summed E-state index contributed by atoms with van der Waals surface area (Å²) in [5, 5.41) is 22.8. The van der Waals surface area contributed by atoms with Gasteiger partial charge in [-0.3, -0.25) is 19.7 Å². The molecule has 1 unspecified atom stereocenters. The number of Topliss-reactive ketones (excluding diaryl/α,β-unsaturated/α-hetero) is 1. The standard InChI is InChI=1S/C14H16N2O5/c1-8-2-3-9(6-12(8)16(20)21)14(19)11(7-13(17)18)15-10-4-5-10/h2-3,6,10-11,15H,4-5,7H2,1H3,(H,17,18). The van der Waals surface area contributed by atoms with Gasteiger partial charge in [0, 0.05) is 23.2 Å². The summed E-state index contributed by atoms with van der Waals surface area (Å²) in [6, 6.07) is 3.52. The van der Waals surface area contributed by atoms with Crippen molar-refractivity contribution < 1.29 is 19.6 Å². The van der Waals surface area contributed by atoms with Gasteiger partial charge in [0.1, 0.15) is 0 Å². The highest BCUT2D eigenvalue weighted by molar-refractivity contribution is 6.02. The van der Waals surface area contributed by atoms with Crippen molar-refractivity contribution in [2.75, 3.05) is 0 Å². The predicted molar refractivity (Wildman–Crippen MR) is 74.4 cm³/mol. The number of carbonyl (C=O) groups excluding carboxylic acids is 1. The zero-order valence-electron chi connectivity index (χ0n) is 11.5. The summed E-state index contributed by atoms with van der Waals surface area (Å²) in [4.78, 5) is 33.6. The van der Waals surface area contributed by atoms with Crippen LogP contribution in [-0.4, -0.2) is 33.9 Å². The normalized spacial score (nSPS) is 15.5. The molecule has 1 aliphatic rings. The Bertz CT molecular complexity index is 595. The molecule has 1 aromatic rings. The molecule has 0 amide bonds.